The van der Waals surface area contributed by atoms with Gasteiger partial charge in [0.05, 0.1) is 0 Å². The Labute approximate surface area is 232 Å². The van der Waals surface area contributed by atoms with Crippen LogP contribution in [0.15, 0.2) is 72.8 Å². The largest absolute Gasteiger partial charge is 0.454 e. The topological polar surface area (TPSA) is 65.9 Å². The van der Waals surface area contributed by atoms with Crippen LogP contribution in [-0.4, -0.2) is 23.8 Å². The third kappa shape index (κ3) is 4.33. The minimum Gasteiger partial charge on any atom is -0.454 e. The lowest BCUT2D eigenvalue weighted by Gasteiger charge is -2.26. The number of fused-ring (bicyclic) bond motifs is 3. The summed E-state index contributed by atoms with van der Waals surface area (Å²) in [5.74, 6) is 3.88. The third-order valence-corrected chi connectivity index (χ3v) is 7.50. The smallest absolute Gasteiger partial charge is 0.231 e. The number of aryl methyl sites for hydroxylation is 3. The lowest BCUT2D eigenvalue weighted by atomic mass is 9.94. The molecule has 4 aromatic carbocycles. The van der Waals surface area contributed by atoms with Crippen molar-refractivity contribution in [1.29, 1.82) is 0 Å². The third-order valence-electron chi connectivity index (χ3n) is 7.50. The Bertz CT molecular complexity index is 1680. The van der Waals surface area contributed by atoms with E-state index < -0.39 is 0 Å². The zero-order chi connectivity index (χ0) is 27.2. The molecule has 7 heteroatoms. The molecule has 0 spiro atoms. The summed E-state index contributed by atoms with van der Waals surface area (Å²) in [5.41, 5.74) is 7.85. The summed E-state index contributed by atoms with van der Waals surface area (Å²) < 4.78 is 22.4. The van der Waals surface area contributed by atoms with Crippen LogP contribution in [0.4, 0.5) is 5.82 Å². The predicted molar refractivity (Wildman–Crippen MR) is 154 cm³/mol. The van der Waals surface area contributed by atoms with Crippen LogP contribution in [-0.2, 0) is 13.1 Å². The molecule has 7 rings (SSSR count). The molecule has 0 fully saturated rings. The SMILES string of the molecule is Cc1cc(C)c(-c2nnc(N(Cc3ccc4c(c3)OCO4)Cc3ccc4c(c3)OCO4)c3ccccc23)c(C)c1. The number of benzene rings is 4. The Hall–Kier alpha value is -4.78. The molecule has 3 heterocycles. The standard InChI is InChI=1S/C33H29N3O4/c1-20-12-21(2)31(22(3)13-20)32-25-6-4-5-7-26(25)33(35-34-32)36(16-23-8-10-27-29(14-23)39-18-37-27)17-24-9-11-28-30(15-24)40-19-38-28/h4-15H,16-19H2,1-3H3. The van der Waals surface area contributed by atoms with Gasteiger partial charge in [0, 0.05) is 29.4 Å². The van der Waals surface area contributed by atoms with Gasteiger partial charge < -0.3 is 23.8 Å². The van der Waals surface area contributed by atoms with Crippen molar-refractivity contribution >= 4 is 16.6 Å². The summed E-state index contributed by atoms with van der Waals surface area (Å²) in [6.07, 6.45) is 0. The van der Waals surface area contributed by atoms with E-state index >= 15 is 0 Å². The van der Waals surface area contributed by atoms with Gasteiger partial charge in [-0.2, -0.15) is 0 Å². The van der Waals surface area contributed by atoms with E-state index in [0.717, 1.165) is 62.0 Å². The lowest BCUT2D eigenvalue weighted by Crippen LogP contribution is -2.24. The first-order valence-corrected chi connectivity index (χ1v) is 13.4. The van der Waals surface area contributed by atoms with Gasteiger partial charge in [-0.05, 0) is 67.3 Å². The first-order chi connectivity index (χ1) is 19.5. The van der Waals surface area contributed by atoms with Gasteiger partial charge in [0.1, 0.15) is 5.69 Å². The molecule has 0 bridgehead atoms. The van der Waals surface area contributed by atoms with Crippen LogP contribution < -0.4 is 23.8 Å². The van der Waals surface area contributed by atoms with Crippen molar-refractivity contribution in [1.82, 2.24) is 10.2 Å². The van der Waals surface area contributed by atoms with Gasteiger partial charge >= 0.3 is 0 Å². The molecule has 2 aliphatic rings. The Morgan fingerprint density at radius 3 is 1.77 bits per heavy atom. The molecule has 0 unspecified atom stereocenters. The molecule has 7 nitrogen and oxygen atoms in total. The van der Waals surface area contributed by atoms with Crippen molar-refractivity contribution < 1.29 is 18.9 Å². The summed E-state index contributed by atoms with van der Waals surface area (Å²) in [6.45, 7) is 8.11. The molecular formula is C33H29N3O4. The Kier molecular flexibility index (Phi) is 5.92. The van der Waals surface area contributed by atoms with Crippen molar-refractivity contribution in [3.63, 3.8) is 0 Å². The van der Waals surface area contributed by atoms with Crippen LogP contribution in [0.5, 0.6) is 23.0 Å². The predicted octanol–water partition coefficient (Wildman–Crippen LogP) is 6.89. The Morgan fingerprint density at radius 1 is 0.625 bits per heavy atom. The molecule has 0 N–H and O–H groups in total. The van der Waals surface area contributed by atoms with Crippen LogP contribution in [0.3, 0.4) is 0 Å². The van der Waals surface area contributed by atoms with E-state index in [1.807, 2.05) is 24.3 Å². The van der Waals surface area contributed by atoms with E-state index in [4.69, 9.17) is 29.1 Å². The maximum Gasteiger partial charge on any atom is 0.231 e. The number of hydrogen-bond acceptors (Lipinski definition) is 7. The number of rotatable bonds is 6. The van der Waals surface area contributed by atoms with Crippen molar-refractivity contribution in [2.45, 2.75) is 33.9 Å². The van der Waals surface area contributed by atoms with Crippen molar-refractivity contribution in [3.05, 3.63) is 101 Å². The van der Waals surface area contributed by atoms with Gasteiger partial charge in [-0.3, -0.25) is 0 Å². The Morgan fingerprint density at radius 2 is 1.18 bits per heavy atom. The highest BCUT2D eigenvalue weighted by molar-refractivity contribution is 6.01. The fraction of sp³-hybridized carbons (Fsp3) is 0.212. The minimum atomic E-state index is 0.245. The van der Waals surface area contributed by atoms with Gasteiger partial charge in [0.2, 0.25) is 13.6 Å². The average molecular weight is 532 g/mol. The van der Waals surface area contributed by atoms with E-state index in [1.54, 1.807) is 0 Å². The molecule has 1 aromatic heterocycles. The van der Waals surface area contributed by atoms with E-state index in [-0.39, 0.29) is 13.6 Å². The lowest BCUT2D eigenvalue weighted by molar-refractivity contribution is 0.173. The van der Waals surface area contributed by atoms with Crippen LogP contribution in [0.1, 0.15) is 27.8 Å². The molecule has 0 aliphatic carbocycles. The van der Waals surface area contributed by atoms with Crippen molar-refractivity contribution in [2.24, 2.45) is 0 Å². The zero-order valence-electron chi connectivity index (χ0n) is 22.7. The van der Waals surface area contributed by atoms with Gasteiger partial charge in [0.25, 0.3) is 0 Å². The molecule has 0 atom stereocenters. The van der Waals surface area contributed by atoms with Crippen molar-refractivity contribution in [3.8, 4) is 34.3 Å². The first kappa shape index (κ1) is 24.3. The Balaban J connectivity index is 1.34. The highest BCUT2D eigenvalue weighted by Crippen LogP contribution is 2.38. The quantitative estimate of drug-likeness (QED) is 0.236. The van der Waals surface area contributed by atoms with Gasteiger partial charge in [0.15, 0.2) is 28.8 Å². The highest BCUT2D eigenvalue weighted by atomic mass is 16.7. The molecule has 5 aromatic rings. The van der Waals surface area contributed by atoms with Gasteiger partial charge in [-0.25, -0.2) is 0 Å². The molecule has 40 heavy (non-hydrogen) atoms. The van der Waals surface area contributed by atoms with E-state index in [9.17, 15) is 0 Å². The second-order valence-corrected chi connectivity index (χ2v) is 10.4. The average Bonchev–Trinajstić information content (AvgIpc) is 3.61. The second kappa shape index (κ2) is 9.75. The maximum atomic E-state index is 5.66. The molecule has 0 saturated carbocycles. The normalized spacial score (nSPS) is 13.2. The molecule has 200 valence electrons. The van der Waals surface area contributed by atoms with E-state index in [1.165, 1.54) is 16.7 Å². The monoisotopic (exact) mass is 531 g/mol. The number of ether oxygens (including phenoxy) is 4. The van der Waals surface area contributed by atoms with Crippen LogP contribution in [0.2, 0.25) is 0 Å². The molecular weight excluding hydrogens is 502 g/mol. The summed E-state index contributed by atoms with van der Waals surface area (Å²) in [4.78, 5) is 2.25. The number of hydrogen-bond donors (Lipinski definition) is 0. The van der Waals surface area contributed by atoms with Crippen LogP contribution in [0, 0.1) is 20.8 Å². The molecule has 0 radical (unpaired) electrons. The highest BCUT2D eigenvalue weighted by Gasteiger charge is 2.22. The summed E-state index contributed by atoms with van der Waals surface area (Å²) in [7, 11) is 0. The van der Waals surface area contributed by atoms with Crippen molar-refractivity contribution in [2.75, 3.05) is 18.5 Å². The fourth-order valence-electron chi connectivity index (χ4n) is 5.79. The van der Waals surface area contributed by atoms with E-state index in [2.05, 4.69) is 74.2 Å². The molecule has 0 saturated heterocycles. The van der Waals surface area contributed by atoms with E-state index in [0.29, 0.717) is 13.1 Å². The number of anilines is 1. The summed E-state index contributed by atoms with van der Waals surface area (Å²) >= 11 is 0. The first-order valence-electron chi connectivity index (χ1n) is 13.4. The molecule has 0 amide bonds. The van der Waals surface area contributed by atoms with Gasteiger partial charge in [-0.15, -0.1) is 10.2 Å². The number of nitrogens with zero attached hydrogens (tertiary/aromatic N) is 3. The summed E-state index contributed by atoms with van der Waals surface area (Å²) in [6, 6.07) is 25.0. The van der Waals surface area contributed by atoms with Crippen LogP contribution in [0.25, 0.3) is 22.0 Å². The maximum absolute atomic E-state index is 5.66. The minimum absolute atomic E-state index is 0.245. The number of aromatic nitrogens is 2. The fourth-order valence-corrected chi connectivity index (χ4v) is 5.79. The second-order valence-electron chi connectivity index (χ2n) is 10.4. The van der Waals surface area contributed by atoms with Crippen LogP contribution >= 0.6 is 0 Å². The van der Waals surface area contributed by atoms with Gasteiger partial charge in [-0.1, -0.05) is 54.1 Å². The molecule has 2 aliphatic heterocycles. The zero-order valence-corrected chi connectivity index (χ0v) is 22.7. The summed E-state index contributed by atoms with van der Waals surface area (Å²) in [5, 5.41) is 11.9.